The van der Waals surface area contributed by atoms with E-state index >= 15 is 0 Å². The molecule has 1 heterocycles. The number of nitriles is 1. The number of hydrogen-bond acceptors (Lipinski definition) is 5. The van der Waals surface area contributed by atoms with Crippen molar-refractivity contribution in [2.45, 2.75) is 0 Å². The van der Waals surface area contributed by atoms with Crippen LogP contribution in [0.5, 0.6) is 0 Å². The predicted octanol–water partition coefficient (Wildman–Crippen LogP) is 2.42. The Morgan fingerprint density at radius 3 is 2.75 bits per heavy atom. The smallest absolute Gasteiger partial charge is 0.348 e. The summed E-state index contributed by atoms with van der Waals surface area (Å²) in [6.07, 6.45) is 0. The van der Waals surface area contributed by atoms with Gasteiger partial charge >= 0.3 is 5.97 Å². The number of nitrogens with zero attached hydrogens (tertiary/aromatic N) is 1. The van der Waals surface area contributed by atoms with Gasteiger partial charge in [0.25, 0.3) is 5.91 Å². The second-order valence-corrected chi connectivity index (χ2v) is 4.71. The van der Waals surface area contributed by atoms with Crippen LogP contribution in [0, 0.1) is 11.3 Å². The standard InChI is InChI=1S/C14H10N2O3S/c15-8-10-4-1-2-5-11(10)16-13(17)9-19-14(18)12-6-3-7-20-12/h1-7H,9H2,(H,16,17). The Balaban J connectivity index is 1.90. The molecular weight excluding hydrogens is 276 g/mol. The summed E-state index contributed by atoms with van der Waals surface area (Å²) >= 11 is 1.24. The molecule has 0 bridgehead atoms. The zero-order chi connectivity index (χ0) is 14.4. The second kappa shape index (κ2) is 6.50. The van der Waals surface area contributed by atoms with Gasteiger partial charge in [-0.05, 0) is 23.6 Å². The molecule has 0 aliphatic carbocycles. The molecule has 0 fully saturated rings. The molecule has 0 unspecified atom stereocenters. The third kappa shape index (κ3) is 3.43. The molecule has 5 nitrogen and oxygen atoms in total. The van der Waals surface area contributed by atoms with E-state index in [0.717, 1.165) is 0 Å². The lowest BCUT2D eigenvalue weighted by Crippen LogP contribution is -2.21. The predicted molar refractivity (Wildman–Crippen MR) is 74.4 cm³/mol. The first kappa shape index (κ1) is 13.8. The van der Waals surface area contributed by atoms with E-state index in [-0.39, 0.29) is 0 Å². The molecule has 20 heavy (non-hydrogen) atoms. The van der Waals surface area contributed by atoms with Gasteiger partial charge < -0.3 is 10.1 Å². The summed E-state index contributed by atoms with van der Waals surface area (Å²) in [5.74, 6) is -1.03. The van der Waals surface area contributed by atoms with Crippen LogP contribution in [0.3, 0.4) is 0 Å². The van der Waals surface area contributed by atoms with Crippen molar-refractivity contribution < 1.29 is 14.3 Å². The summed E-state index contributed by atoms with van der Waals surface area (Å²) < 4.78 is 4.87. The van der Waals surface area contributed by atoms with Crippen molar-refractivity contribution >= 4 is 28.9 Å². The molecule has 0 aliphatic heterocycles. The van der Waals surface area contributed by atoms with E-state index in [1.165, 1.54) is 11.3 Å². The monoisotopic (exact) mass is 286 g/mol. The van der Waals surface area contributed by atoms with Crippen LogP contribution in [-0.2, 0) is 9.53 Å². The minimum Gasteiger partial charge on any atom is -0.451 e. The van der Waals surface area contributed by atoms with E-state index < -0.39 is 18.5 Å². The van der Waals surface area contributed by atoms with E-state index in [0.29, 0.717) is 16.1 Å². The number of rotatable bonds is 4. The first-order chi connectivity index (χ1) is 9.70. The molecule has 100 valence electrons. The van der Waals surface area contributed by atoms with Gasteiger partial charge in [-0.25, -0.2) is 4.79 Å². The molecule has 1 aromatic carbocycles. The maximum Gasteiger partial charge on any atom is 0.348 e. The first-order valence-electron chi connectivity index (χ1n) is 5.70. The zero-order valence-electron chi connectivity index (χ0n) is 10.3. The lowest BCUT2D eigenvalue weighted by molar-refractivity contribution is -0.119. The molecule has 0 spiro atoms. The van der Waals surface area contributed by atoms with Crippen molar-refractivity contribution in [1.82, 2.24) is 0 Å². The number of esters is 1. The number of carbonyl (C=O) groups excluding carboxylic acids is 2. The minimum absolute atomic E-state index is 0.352. The number of hydrogen-bond donors (Lipinski definition) is 1. The van der Waals surface area contributed by atoms with Crippen LogP contribution >= 0.6 is 11.3 Å². The highest BCUT2D eigenvalue weighted by molar-refractivity contribution is 7.11. The lowest BCUT2D eigenvalue weighted by atomic mass is 10.2. The highest BCUT2D eigenvalue weighted by Gasteiger charge is 2.12. The molecular formula is C14H10N2O3S. The molecule has 0 atom stereocenters. The van der Waals surface area contributed by atoms with Crippen LogP contribution < -0.4 is 5.32 Å². The topological polar surface area (TPSA) is 79.2 Å². The largest absolute Gasteiger partial charge is 0.451 e. The van der Waals surface area contributed by atoms with E-state index in [1.54, 1.807) is 41.8 Å². The molecule has 2 rings (SSSR count). The van der Waals surface area contributed by atoms with E-state index in [4.69, 9.17) is 10.00 Å². The number of anilines is 1. The molecule has 6 heteroatoms. The van der Waals surface area contributed by atoms with Crippen molar-refractivity contribution in [1.29, 1.82) is 5.26 Å². The molecule has 0 saturated carbocycles. The van der Waals surface area contributed by atoms with Gasteiger partial charge in [-0.15, -0.1) is 11.3 Å². The SMILES string of the molecule is N#Cc1ccccc1NC(=O)COC(=O)c1cccs1. The summed E-state index contributed by atoms with van der Waals surface area (Å²) in [6.45, 7) is -0.392. The van der Waals surface area contributed by atoms with E-state index in [2.05, 4.69) is 5.32 Å². The quantitative estimate of drug-likeness (QED) is 0.875. The maximum absolute atomic E-state index is 11.7. The second-order valence-electron chi connectivity index (χ2n) is 3.76. The summed E-state index contributed by atoms with van der Waals surface area (Å²) in [6, 6.07) is 11.9. The highest BCUT2D eigenvalue weighted by Crippen LogP contribution is 2.13. The number of ether oxygens (including phenoxy) is 1. The Labute approximate surface area is 119 Å². The third-order valence-electron chi connectivity index (χ3n) is 2.38. The fourth-order valence-electron chi connectivity index (χ4n) is 1.47. The molecule has 1 aromatic heterocycles. The molecule has 0 aliphatic rings. The lowest BCUT2D eigenvalue weighted by Gasteiger charge is -2.07. The van der Waals surface area contributed by atoms with Gasteiger partial charge in [0.2, 0.25) is 0 Å². The highest BCUT2D eigenvalue weighted by atomic mass is 32.1. The van der Waals surface area contributed by atoms with Crippen LogP contribution in [0.4, 0.5) is 5.69 Å². The Morgan fingerprint density at radius 2 is 2.05 bits per heavy atom. The van der Waals surface area contributed by atoms with Crippen molar-refractivity contribution in [3.63, 3.8) is 0 Å². The number of carbonyl (C=O) groups is 2. The Morgan fingerprint density at radius 1 is 1.25 bits per heavy atom. The van der Waals surface area contributed by atoms with Gasteiger partial charge in [0.15, 0.2) is 6.61 Å². The van der Waals surface area contributed by atoms with Crippen LogP contribution in [0.15, 0.2) is 41.8 Å². The van der Waals surface area contributed by atoms with Gasteiger partial charge in [-0.1, -0.05) is 18.2 Å². The maximum atomic E-state index is 11.7. The zero-order valence-corrected chi connectivity index (χ0v) is 11.1. The summed E-state index contributed by atoms with van der Waals surface area (Å²) in [5.41, 5.74) is 0.748. The number of para-hydroxylation sites is 1. The number of thiophene rings is 1. The number of amides is 1. The average Bonchev–Trinajstić information content (AvgIpc) is 2.99. The van der Waals surface area contributed by atoms with E-state index in [1.807, 2.05) is 6.07 Å². The van der Waals surface area contributed by atoms with Crippen molar-refractivity contribution in [3.8, 4) is 6.07 Å². The minimum atomic E-state index is -0.538. The Hall–Kier alpha value is -2.65. The van der Waals surface area contributed by atoms with Gasteiger partial charge in [0, 0.05) is 0 Å². The molecule has 0 radical (unpaired) electrons. The van der Waals surface area contributed by atoms with Crippen molar-refractivity contribution in [2.24, 2.45) is 0 Å². The summed E-state index contributed by atoms with van der Waals surface area (Å²) in [5, 5.41) is 13.2. The van der Waals surface area contributed by atoms with Crippen molar-refractivity contribution in [2.75, 3.05) is 11.9 Å². The molecule has 1 amide bonds. The molecule has 1 N–H and O–H groups in total. The van der Waals surface area contributed by atoms with Gasteiger partial charge in [-0.2, -0.15) is 5.26 Å². The van der Waals surface area contributed by atoms with Crippen molar-refractivity contribution in [3.05, 3.63) is 52.2 Å². The number of benzene rings is 1. The van der Waals surface area contributed by atoms with Crippen LogP contribution in [0.1, 0.15) is 15.2 Å². The summed E-state index contributed by atoms with van der Waals surface area (Å²) in [4.78, 5) is 23.6. The van der Waals surface area contributed by atoms with Gasteiger partial charge in [0.1, 0.15) is 10.9 Å². The fourth-order valence-corrected chi connectivity index (χ4v) is 2.09. The van der Waals surface area contributed by atoms with E-state index in [9.17, 15) is 9.59 Å². The first-order valence-corrected chi connectivity index (χ1v) is 6.58. The Kier molecular flexibility index (Phi) is 4.47. The average molecular weight is 286 g/mol. The third-order valence-corrected chi connectivity index (χ3v) is 3.23. The van der Waals surface area contributed by atoms with Gasteiger partial charge in [0.05, 0.1) is 11.3 Å². The van der Waals surface area contributed by atoms with Crippen LogP contribution in [0.2, 0.25) is 0 Å². The fraction of sp³-hybridized carbons (Fsp3) is 0.0714. The van der Waals surface area contributed by atoms with Crippen LogP contribution in [0.25, 0.3) is 0 Å². The number of nitrogens with one attached hydrogen (secondary N) is 1. The Bertz CT molecular complexity index is 659. The van der Waals surface area contributed by atoms with Crippen LogP contribution in [-0.4, -0.2) is 18.5 Å². The summed E-state index contributed by atoms with van der Waals surface area (Å²) in [7, 11) is 0. The van der Waals surface area contributed by atoms with Gasteiger partial charge in [-0.3, -0.25) is 4.79 Å². The molecule has 2 aromatic rings. The molecule has 0 saturated heterocycles. The normalized spacial score (nSPS) is 9.55.